The first kappa shape index (κ1) is 12.5. The van der Waals surface area contributed by atoms with Crippen LogP contribution in [0, 0.1) is 30.1 Å². The van der Waals surface area contributed by atoms with Gasteiger partial charge in [-0.15, -0.1) is 0 Å². The van der Waals surface area contributed by atoms with Crippen LogP contribution < -0.4 is 11.1 Å². The predicted molar refractivity (Wildman–Crippen MR) is 81.4 cm³/mol. The highest BCUT2D eigenvalue weighted by molar-refractivity contribution is 5.56. The summed E-state index contributed by atoms with van der Waals surface area (Å²) in [4.78, 5) is 7.46. The lowest BCUT2D eigenvalue weighted by Gasteiger charge is -2.57. The molecule has 1 heterocycles. The predicted octanol–water partition coefficient (Wildman–Crippen LogP) is 3.32. The molecule has 4 bridgehead atoms. The number of hydrogen-bond donors (Lipinski definition) is 3. The highest BCUT2D eigenvalue weighted by atomic mass is 15.1. The van der Waals surface area contributed by atoms with E-state index < -0.39 is 0 Å². The van der Waals surface area contributed by atoms with E-state index in [1.54, 1.807) is 0 Å². The zero-order chi connectivity index (χ0) is 13.7. The van der Waals surface area contributed by atoms with Crippen LogP contribution in [0.1, 0.15) is 50.8 Å². The maximum atomic E-state index is 5.91. The van der Waals surface area contributed by atoms with Crippen molar-refractivity contribution in [3.63, 3.8) is 0 Å². The van der Waals surface area contributed by atoms with E-state index >= 15 is 0 Å². The smallest absolute Gasteiger partial charge is 0.168 e. The molecular formula is C16H26N4. The van der Waals surface area contributed by atoms with Crippen LogP contribution in [0.25, 0.3) is 0 Å². The standard InChI is InChI=1S/C16H26N4/c1-10-19-14(17)15(20-10)18-3-2-16-7-11-4-12(8-16)6-13(5-11)9-16/h11-13,18H,2-9,17H2,1H3,(H,19,20). The molecule has 0 aromatic carbocycles. The molecule has 20 heavy (non-hydrogen) atoms. The molecule has 0 amide bonds. The minimum atomic E-state index is 0.641. The molecule has 0 radical (unpaired) electrons. The molecule has 4 saturated carbocycles. The third-order valence-electron chi connectivity index (χ3n) is 5.96. The average molecular weight is 274 g/mol. The zero-order valence-corrected chi connectivity index (χ0v) is 12.4. The third-order valence-corrected chi connectivity index (χ3v) is 5.96. The van der Waals surface area contributed by atoms with Crippen molar-refractivity contribution in [3.05, 3.63) is 5.82 Å². The van der Waals surface area contributed by atoms with E-state index in [-0.39, 0.29) is 0 Å². The molecule has 4 nitrogen and oxygen atoms in total. The van der Waals surface area contributed by atoms with Crippen LogP contribution in [0.3, 0.4) is 0 Å². The summed E-state index contributed by atoms with van der Waals surface area (Å²) >= 11 is 0. The number of aryl methyl sites for hydroxylation is 1. The van der Waals surface area contributed by atoms with Crippen molar-refractivity contribution in [1.82, 2.24) is 9.97 Å². The van der Waals surface area contributed by atoms with E-state index in [0.717, 1.165) is 35.9 Å². The highest BCUT2D eigenvalue weighted by Crippen LogP contribution is 2.61. The Balaban J connectivity index is 1.39. The topological polar surface area (TPSA) is 66.7 Å². The van der Waals surface area contributed by atoms with Gasteiger partial charge in [0.05, 0.1) is 0 Å². The van der Waals surface area contributed by atoms with Gasteiger partial charge < -0.3 is 16.0 Å². The van der Waals surface area contributed by atoms with Crippen LogP contribution in [0.4, 0.5) is 11.6 Å². The van der Waals surface area contributed by atoms with Gasteiger partial charge in [-0.05, 0) is 75.0 Å². The van der Waals surface area contributed by atoms with Crippen molar-refractivity contribution in [3.8, 4) is 0 Å². The molecule has 4 aliphatic carbocycles. The summed E-state index contributed by atoms with van der Waals surface area (Å²) in [5.74, 6) is 5.52. The Labute approximate surface area is 120 Å². The van der Waals surface area contributed by atoms with Gasteiger partial charge in [0, 0.05) is 6.54 Å². The molecule has 4 heteroatoms. The first-order chi connectivity index (χ1) is 9.62. The van der Waals surface area contributed by atoms with Crippen LogP contribution in [-0.4, -0.2) is 16.5 Å². The van der Waals surface area contributed by atoms with Gasteiger partial charge >= 0.3 is 0 Å². The lowest BCUT2D eigenvalue weighted by Crippen LogP contribution is -2.46. The highest BCUT2D eigenvalue weighted by Gasteiger charge is 2.50. The molecule has 1 aromatic heterocycles. The van der Waals surface area contributed by atoms with Crippen LogP contribution in [0.2, 0.25) is 0 Å². The van der Waals surface area contributed by atoms with Crippen molar-refractivity contribution in [2.24, 2.45) is 23.2 Å². The molecule has 0 saturated heterocycles. The number of rotatable bonds is 4. The van der Waals surface area contributed by atoms with Gasteiger partial charge in [-0.25, -0.2) is 4.98 Å². The number of imidazole rings is 1. The molecular weight excluding hydrogens is 248 g/mol. The Bertz CT molecular complexity index is 469. The number of hydrogen-bond acceptors (Lipinski definition) is 3. The lowest BCUT2D eigenvalue weighted by molar-refractivity contribution is -0.0552. The normalized spacial score (nSPS) is 38.4. The first-order valence-corrected chi connectivity index (χ1v) is 8.18. The van der Waals surface area contributed by atoms with Crippen molar-refractivity contribution in [2.75, 3.05) is 17.6 Å². The van der Waals surface area contributed by atoms with Crippen LogP contribution >= 0.6 is 0 Å². The van der Waals surface area contributed by atoms with Crippen LogP contribution in [0.15, 0.2) is 0 Å². The van der Waals surface area contributed by atoms with Crippen LogP contribution in [0.5, 0.6) is 0 Å². The largest absolute Gasteiger partial charge is 0.382 e. The number of nitrogens with one attached hydrogen (secondary N) is 2. The molecule has 0 aliphatic heterocycles. The Morgan fingerprint density at radius 3 is 2.30 bits per heavy atom. The van der Waals surface area contributed by atoms with Gasteiger partial charge in [-0.3, -0.25) is 0 Å². The number of aromatic amines is 1. The number of nitrogens with two attached hydrogens (primary N) is 1. The first-order valence-electron chi connectivity index (χ1n) is 8.18. The Morgan fingerprint density at radius 1 is 1.20 bits per heavy atom. The maximum Gasteiger partial charge on any atom is 0.168 e. The second-order valence-corrected chi connectivity index (χ2v) is 7.68. The van der Waals surface area contributed by atoms with Crippen LogP contribution in [-0.2, 0) is 0 Å². The van der Waals surface area contributed by atoms with Crippen molar-refractivity contribution in [2.45, 2.75) is 51.9 Å². The summed E-state index contributed by atoms with van der Waals surface area (Å²) < 4.78 is 0. The second-order valence-electron chi connectivity index (χ2n) is 7.68. The van der Waals surface area contributed by atoms with Gasteiger partial charge in [-0.2, -0.15) is 0 Å². The summed E-state index contributed by atoms with van der Waals surface area (Å²) in [7, 11) is 0. The average Bonchev–Trinajstić information content (AvgIpc) is 2.66. The van der Waals surface area contributed by atoms with Gasteiger partial charge in [-0.1, -0.05) is 0 Å². The summed E-state index contributed by atoms with van der Waals surface area (Å²) in [5, 5.41) is 3.44. The van der Waals surface area contributed by atoms with Gasteiger partial charge in [0.2, 0.25) is 0 Å². The van der Waals surface area contributed by atoms with E-state index in [4.69, 9.17) is 5.73 Å². The lowest BCUT2D eigenvalue weighted by atomic mass is 9.49. The minimum Gasteiger partial charge on any atom is -0.382 e. The van der Waals surface area contributed by atoms with Crippen molar-refractivity contribution in [1.29, 1.82) is 0 Å². The molecule has 1 aromatic rings. The van der Waals surface area contributed by atoms with E-state index in [9.17, 15) is 0 Å². The maximum absolute atomic E-state index is 5.91. The summed E-state index contributed by atoms with van der Waals surface area (Å²) in [5.41, 5.74) is 6.55. The van der Waals surface area contributed by atoms with E-state index in [1.807, 2.05) is 6.92 Å². The fraction of sp³-hybridized carbons (Fsp3) is 0.812. The quantitative estimate of drug-likeness (QED) is 0.789. The fourth-order valence-corrected chi connectivity index (χ4v) is 5.69. The number of nitrogen functional groups attached to an aromatic ring is 1. The Kier molecular flexibility index (Phi) is 2.76. The molecule has 4 aliphatic rings. The number of anilines is 2. The molecule has 4 fully saturated rings. The van der Waals surface area contributed by atoms with Gasteiger partial charge in [0.15, 0.2) is 5.82 Å². The molecule has 0 atom stereocenters. The van der Waals surface area contributed by atoms with Crippen molar-refractivity contribution >= 4 is 11.6 Å². The van der Waals surface area contributed by atoms with Gasteiger partial charge in [0.1, 0.15) is 11.6 Å². The third kappa shape index (κ3) is 2.09. The molecule has 0 spiro atoms. The van der Waals surface area contributed by atoms with E-state index in [2.05, 4.69) is 15.3 Å². The number of aromatic nitrogens is 2. The van der Waals surface area contributed by atoms with E-state index in [0.29, 0.717) is 11.2 Å². The monoisotopic (exact) mass is 274 g/mol. The summed E-state index contributed by atoms with van der Waals surface area (Å²) in [6.07, 6.45) is 10.3. The zero-order valence-electron chi connectivity index (χ0n) is 12.4. The summed E-state index contributed by atoms with van der Waals surface area (Å²) in [6, 6.07) is 0. The number of nitrogens with zero attached hydrogens (tertiary/aromatic N) is 1. The Hall–Kier alpha value is -1.19. The SMILES string of the molecule is Cc1nc(NCCC23CC4CC(CC(C4)C2)C3)c(N)[nH]1. The molecule has 0 unspecified atom stereocenters. The summed E-state index contributed by atoms with van der Waals surface area (Å²) in [6.45, 7) is 2.96. The fourth-order valence-electron chi connectivity index (χ4n) is 5.69. The Morgan fingerprint density at radius 2 is 1.80 bits per heavy atom. The molecule has 110 valence electrons. The second kappa shape index (κ2) is 4.40. The minimum absolute atomic E-state index is 0.641. The number of H-pyrrole nitrogens is 1. The van der Waals surface area contributed by atoms with E-state index in [1.165, 1.54) is 44.9 Å². The van der Waals surface area contributed by atoms with Crippen molar-refractivity contribution < 1.29 is 0 Å². The van der Waals surface area contributed by atoms with Gasteiger partial charge in [0.25, 0.3) is 0 Å². The molecule has 4 N–H and O–H groups in total. The molecule has 5 rings (SSSR count).